The number of ether oxygens (including phenoxy) is 1. The Labute approximate surface area is 130 Å². The summed E-state index contributed by atoms with van der Waals surface area (Å²) >= 11 is 0. The molecule has 0 radical (unpaired) electrons. The quantitative estimate of drug-likeness (QED) is 0.710. The van der Waals surface area contributed by atoms with Crippen LogP contribution in [0.25, 0.3) is 0 Å². The number of nitrogens with zero attached hydrogens (tertiary/aromatic N) is 2. The zero-order chi connectivity index (χ0) is 15.7. The van der Waals surface area contributed by atoms with Gasteiger partial charge in [0.1, 0.15) is 5.54 Å². The van der Waals surface area contributed by atoms with Crippen molar-refractivity contribution in [1.29, 1.82) is 5.26 Å². The van der Waals surface area contributed by atoms with Crippen molar-refractivity contribution in [3.63, 3.8) is 0 Å². The molecule has 0 aliphatic heterocycles. The molecule has 1 fully saturated rings. The third-order valence-electron chi connectivity index (χ3n) is 4.35. The molecule has 2 unspecified atom stereocenters. The Bertz CT molecular complexity index is 326. The van der Waals surface area contributed by atoms with Crippen LogP contribution in [0.4, 0.5) is 0 Å². The molecule has 0 amide bonds. The second-order valence-electron chi connectivity index (χ2n) is 6.75. The van der Waals surface area contributed by atoms with E-state index in [0.29, 0.717) is 12.0 Å². The van der Waals surface area contributed by atoms with E-state index < -0.39 is 0 Å². The topological polar surface area (TPSA) is 48.3 Å². The van der Waals surface area contributed by atoms with E-state index in [1.807, 2.05) is 0 Å². The lowest BCUT2D eigenvalue weighted by molar-refractivity contribution is 0.0753. The Kier molecular flexibility index (Phi) is 8.24. The van der Waals surface area contributed by atoms with Crippen LogP contribution < -0.4 is 5.32 Å². The number of nitriles is 1. The highest BCUT2D eigenvalue weighted by molar-refractivity contribution is 5.11. The summed E-state index contributed by atoms with van der Waals surface area (Å²) in [6.45, 7) is 10.4. The van der Waals surface area contributed by atoms with E-state index in [4.69, 9.17) is 4.74 Å². The summed E-state index contributed by atoms with van der Waals surface area (Å²) in [5, 5.41) is 13.2. The Balaban J connectivity index is 2.71. The van der Waals surface area contributed by atoms with Crippen molar-refractivity contribution in [2.45, 2.75) is 64.5 Å². The highest BCUT2D eigenvalue weighted by Crippen LogP contribution is 2.31. The van der Waals surface area contributed by atoms with Gasteiger partial charge in [-0.2, -0.15) is 5.26 Å². The van der Waals surface area contributed by atoms with Crippen molar-refractivity contribution in [3.05, 3.63) is 0 Å². The van der Waals surface area contributed by atoms with Crippen molar-refractivity contribution in [2.75, 3.05) is 33.4 Å². The molecule has 122 valence electrons. The first-order valence-corrected chi connectivity index (χ1v) is 8.46. The van der Waals surface area contributed by atoms with Gasteiger partial charge in [0.25, 0.3) is 0 Å². The molecule has 1 aliphatic carbocycles. The van der Waals surface area contributed by atoms with Crippen molar-refractivity contribution in [3.8, 4) is 6.07 Å². The first kappa shape index (κ1) is 18.4. The van der Waals surface area contributed by atoms with Gasteiger partial charge >= 0.3 is 0 Å². The molecular formula is C17H33N3O. The summed E-state index contributed by atoms with van der Waals surface area (Å²) in [7, 11) is 1.76. The summed E-state index contributed by atoms with van der Waals surface area (Å²) in [6.07, 6.45) is 5.34. The third-order valence-corrected chi connectivity index (χ3v) is 4.35. The lowest BCUT2D eigenvalue weighted by atomic mass is 9.79. The number of rotatable bonds is 9. The Morgan fingerprint density at radius 1 is 1.48 bits per heavy atom. The van der Waals surface area contributed by atoms with E-state index in [2.05, 4.69) is 37.1 Å². The van der Waals surface area contributed by atoms with Crippen LogP contribution in [0, 0.1) is 17.2 Å². The van der Waals surface area contributed by atoms with Crippen LogP contribution in [0.2, 0.25) is 0 Å². The second-order valence-corrected chi connectivity index (χ2v) is 6.75. The van der Waals surface area contributed by atoms with E-state index in [1.54, 1.807) is 7.11 Å². The molecule has 4 heteroatoms. The standard InChI is InChI=1S/C17H33N3O/c1-5-9-19-17(14-18)8-6-7-16(12-17)20(10-11-21-4)13-15(2)3/h15-16,19H,5-13H2,1-4H3. The van der Waals surface area contributed by atoms with Crippen molar-refractivity contribution >= 4 is 0 Å². The molecule has 0 saturated heterocycles. The largest absolute Gasteiger partial charge is 0.383 e. The third kappa shape index (κ3) is 5.94. The van der Waals surface area contributed by atoms with E-state index in [9.17, 15) is 5.26 Å². The Morgan fingerprint density at radius 2 is 2.24 bits per heavy atom. The van der Waals surface area contributed by atoms with Crippen LogP contribution >= 0.6 is 0 Å². The van der Waals surface area contributed by atoms with Gasteiger partial charge in [0, 0.05) is 26.2 Å². The van der Waals surface area contributed by atoms with Crippen molar-refractivity contribution in [1.82, 2.24) is 10.2 Å². The summed E-state index contributed by atoms with van der Waals surface area (Å²) < 4.78 is 5.27. The lowest BCUT2D eigenvalue weighted by Gasteiger charge is -2.42. The van der Waals surface area contributed by atoms with Crippen molar-refractivity contribution < 1.29 is 4.74 Å². The summed E-state index contributed by atoms with van der Waals surface area (Å²) in [5.74, 6) is 0.642. The zero-order valence-electron chi connectivity index (χ0n) is 14.3. The highest BCUT2D eigenvalue weighted by atomic mass is 16.5. The first-order valence-electron chi connectivity index (χ1n) is 8.46. The highest BCUT2D eigenvalue weighted by Gasteiger charge is 2.38. The van der Waals surface area contributed by atoms with Gasteiger partial charge in [-0.05, 0) is 44.6 Å². The molecule has 4 nitrogen and oxygen atoms in total. The Hall–Kier alpha value is -0.630. The molecule has 0 aromatic carbocycles. The average Bonchev–Trinajstić information content (AvgIpc) is 2.49. The zero-order valence-corrected chi connectivity index (χ0v) is 14.3. The minimum atomic E-state index is -0.318. The maximum atomic E-state index is 9.67. The minimum absolute atomic E-state index is 0.318. The molecule has 21 heavy (non-hydrogen) atoms. The number of hydrogen-bond donors (Lipinski definition) is 1. The smallest absolute Gasteiger partial charge is 0.108 e. The predicted octanol–water partition coefficient (Wildman–Crippen LogP) is 2.80. The minimum Gasteiger partial charge on any atom is -0.383 e. The van der Waals surface area contributed by atoms with Crippen LogP contribution in [0.3, 0.4) is 0 Å². The summed E-state index contributed by atoms with van der Waals surface area (Å²) in [5.41, 5.74) is -0.318. The van der Waals surface area contributed by atoms with Crippen LogP contribution in [-0.4, -0.2) is 49.8 Å². The van der Waals surface area contributed by atoms with Gasteiger partial charge in [-0.1, -0.05) is 20.8 Å². The van der Waals surface area contributed by atoms with Crippen molar-refractivity contribution in [2.24, 2.45) is 5.92 Å². The van der Waals surface area contributed by atoms with Crippen LogP contribution in [0.5, 0.6) is 0 Å². The van der Waals surface area contributed by atoms with Gasteiger partial charge in [-0.25, -0.2) is 0 Å². The molecule has 0 aromatic heterocycles. The average molecular weight is 295 g/mol. The van der Waals surface area contributed by atoms with E-state index in [1.165, 1.54) is 6.42 Å². The predicted molar refractivity (Wildman–Crippen MR) is 87.2 cm³/mol. The summed E-state index contributed by atoms with van der Waals surface area (Å²) in [6, 6.07) is 3.08. The molecule has 1 aliphatic rings. The lowest BCUT2D eigenvalue weighted by Crippen LogP contribution is -2.54. The van der Waals surface area contributed by atoms with Crippen LogP contribution in [0.15, 0.2) is 0 Å². The number of methoxy groups -OCH3 is 1. The van der Waals surface area contributed by atoms with Gasteiger partial charge in [0.15, 0.2) is 0 Å². The molecule has 1 N–H and O–H groups in total. The van der Waals surface area contributed by atoms with Gasteiger partial charge in [0.2, 0.25) is 0 Å². The first-order chi connectivity index (χ1) is 10.1. The Morgan fingerprint density at radius 3 is 2.81 bits per heavy atom. The molecule has 0 aromatic rings. The van der Waals surface area contributed by atoms with E-state index in [-0.39, 0.29) is 5.54 Å². The fraction of sp³-hybridized carbons (Fsp3) is 0.941. The maximum Gasteiger partial charge on any atom is 0.108 e. The maximum absolute atomic E-state index is 9.67. The molecule has 1 rings (SSSR count). The molecule has 2 atom stereocenters. The van der Waals surface area contributed by atoms with Gasteiger partial charge in [0.05, 0.1) is 12.7 Å². The monoisotopic (exact) mass is 295 g/mol. The van der Waals surface area contributed by atoms with Crippen LogP contribution in [-0.2, 0) is 4.74 Å². The molecule has 0 bridgehead atoms. The summed E-state index contributed by atoms with van der Waals surface area (Å²) in [4.78, 5) is 2.53. The molecular weight excluding hydrogens is 262 g/mol. The van der Waals surface area contributed by atoms with E-state index in [0.717, 1.165) is 51.9 Å². The van der Waals surface area contributed by atoms with Crippen LogP contribution in [0.1, 0.15) is 52.9 Å². The normalized spacial score (nSPS) is 26.2. The second kappa shape index (κ2) is 9.40. The van der Waals surface area contributed by atoms with Gasteiger partial charge in [-0.3, -0.25) is 10.2 Å². The fourth-order valence-electron chi connectivity index (χ4n) is 3.32. The number of hydrogen-bond acceptors (Lipinski definition) is 4. The molecule has 0 spiro atoms. The SMILES string of the molecule is CCCNC1(C#N)CCCC(N(CCOC)CC(C)C)C1. The molecule has 0 heterocycles. The van der Waals surface area contributed by atoms with Gasteiger partial charge < -0.3 is 4.74 Å². The number of nitrogens with one attached hydrogen (secondary N) is 1. The fourth-order valence-corrected chi connectivity index (χ4v) is 3.32. The molecule has 1 saturated carbocycles. The van der Waals surface area contributed by atoms with Gasteiger partial charge in [-0.15, -0.1) is 0 Å². The van der Waals surface area contributed by atoms with E-state index >= 15 is 0 Å².